The quantitative estimate of drug-likeness (QED) is 0.321. The normalized spacial score (nSPS) is 13.1. The van der Waals surface area contributed by atoms with Gasteiger partial charge in [-0.3, -0.25) is 9.59 Å². The Bertz CT molecular complexity index is 1320. The zero-order valence-corrected chi connectivity index (χ0v) is 19.9. The second-order valence-corrected chi connectivity index (χ2v) is 8.66. The minimum absolute atomic E-state index is 0.0318. The number of unbranched alkanes of at least 4 members (excludes halogenated alkanes) is 1. The first-order valence-corrected chi connectivity index (χ1v) is 11.8. The minimum atomic E-state index is -0.805. The number of aliphatic carboxylic acids is 1. The Morgan fingerprint density at radius 2 is 1.77 bits per heavy atom. The number of carboxylic acids is 1. The molecule has 1 aliphatic heterocycles. The van der Waals surface area contributed by atoms with E-state index in [4.69, 9.17) is 15.1 Å². The van der Waals surface area contributed by atoms with Crippen LogP contribution in [0.25, 0.3) is 16.6 Å². The molecule has 0 spiro atoms. The van der Waals surface area contributed by atoms with Crippen LogP contribution in [0.4, 0.5) is 0 Å². The van der Waals surface area contributed by atoms with Gasteiger partial charge in [0.2, 0.25) is 0 Å². The van der Waals surface area contributed by atoms with Crippen molar-refractivity contribution in [2.45, 2.75) is 45.7 Å². The maximum Gasteiger partial charge on any atom is 0.303 e. The van der Waals surface area contributed by atoms with E-state index in [1.54, 1.807) is 12.1 Å². The number of carbonyl (C=O) groups is 2. The van der Waals surface area contributed by atoms with Gasteiger partial charge in [-0.1, -0.05) is 55.1 Å². The molecule has 0 saturated carbocycles. The van der Waals surface area contributed by atoms with Gasteiger partial charge in [-0.15, -0.1) is 0 Å². The van der Waals surface area contributed by atoms with E-state index in [-0.39, 0.29) is 12.3 Å². The van der Waals surface area contributed by atoms with Crippen LogP contribution in [0.3, 0.4) is 0 Å². The fourth-order valence-electron chi connectivity index (χ4n) is 4.25. The summed E-state index contributed by atoms with van der Waals surface area (Å²) in [5.74, 6) is -0.837. The van der Waals surface area contributed by atoms with Crippen LogP contribution in [-0.4, -0.2) is 31.9 Å². The van der Waals surface area contributed by atoms with Crippen molar-refractivity contribution in [1.82, 2.24) is 14.9 Å². The van der Waals surface area contributed by atoms with E-state index in [9.17, 15) is 9.59 Å². The van der Waals surface area contributed by atoms with Crippen LogP contribution < -0.4 is 0 Å². The molecular formula is C29H29N3O3. The summed E-state index contributed by atoms with van der Waals surface area (Å²) in [4.78, 5) is 35.6. The van der Waals surface area contributed by atoms with E-state index in [0.29, 0.717) is 54.6 Å². The molecule has 1 aliphatic rings. The van der Waals surface area contributed by atoms with Gasteiger partial charge >= 0.3 is 5.97 Å². The van der Waals surface area contributed by atoms with E-state index >= 15 is 0 Å². The average molecular weight is 468 g/mol. The van der Waals surface area contributed by atoms with Gasteiger partial charge in [0.25, 0.3) is 5.91 Å². The molecule has 0 atom stereocenters. The fraction of sp³-hybridized carbons (Fsp3) is 0.241. The van der Waals surface area contributed by atoms with Crippen LogP contribution in [0.15, 0.2) is 73.3 Å². The predicted molar refractivity (Wildman–Crippen MR) is 138 cm³/mol. The van der Waals surface area contributed by atoms with Crippen molar-refractivity contribution in [2.24, 2.45) is 0 Å². The van der Waals surface area contributed by atoms with E-state index in [2.05, 4.69) is 18.7 Å². The molecule has 0 bridgehead atoms. The summed E-state index contributed by atoms with van der Waals surface area (Å²) < 4.78 is 0. The third kappa shape index (κ3) is 5.72. The molecule has 0 saturated heterocycles. The number of carbonyl (C=O) groups excluding carboxylic acids is 1. The first kappa shape index (κ1) is 24.1. The summed E-state index contributed by atoms with van der Waals surface area (Å²) in [6, 6.07) is 13.5. The van der Waals surface area contributed by atoms with Crippen molar-refractivity contribution in [3.8, 4) is 0 Å². The van der Waals surface area contributed by atoms with E-state index in [0.717, 1.165) is 11.3 Å². The highest BCUT2D eigenvalue weighted by Crippen LogP contribution is 2.26. The van der Waals surface area contributed by atoms with E-state index < -0.39 is 5.97 Å². The largest absolute Gasteiger partial charge is 0.481 e. The smallest absolute Gasteiger partial charge is 0.303 e. The van der Waals surface area contributed by atoms with Crippen LogP contribution in [-0.2, 0) is 24.3 Å². The topological polar surface area (TPSA) is 83.4 Å². The third-order valence-electron chi connectivity index (χ3n) is 6.07. The molecule has 0 unspecified atom stereocenters. The van der Waals surface area contributed by atoms with Crippen molar-refractivity contribution in [2.75, 3.05) is 0 Å². The molecule has 6 nitrogen and oxygen atoms in total. The Balaban J connectivity index is 1.62. The summed E-state index contributed by atoms with van der Waals surface area (Å²) >= 11 is 0. The molecule has 2 aromatic carbocycles. The standard InChI is InChI=1S/C29H29N3O3/c1-3-4-5-10-20(2)28-25(13-8-9-14-27(33)34)30-26-17-21(15-16-24(26)31-28)29(35)32-18-22-11-6-7-12-23(22)19-32/h3-7,10-12,15-17H,2,8-9,13-14,18-19H2,1H3,(H,33,34)/b4-3-,10-5-. The van der Waals surface area contributed by atoms with Crippen molar-refractivity contribution in [3.63, 3.8) is 0 Å². The summed E-state index contributed by atoms with van der Waals surface area (Å²) in [5.41, 5.74) is 6.47. The SMILES string of the molecule is C=C(/C=C\C=C/C)c1nc2ccc(C(=O)N3Cc4ccccc4C3)cc2nc1CCCCC(=O)O. The number of amides is 1. The summed E-state index contributed by atoms with van der Waals surface area (Å²) in [6.07, 6.45) is 9.58. The summed E-state index contributed by atoms with van der Waals surface area (Å²) in [5, 5.41) is 8.95. The van der Waals surface area contributed by atoms with Crippen LogP contribution in [0, 0.1) is 0 Å². The molecule has 1 N–H and O–H groups in total. The second-order valence-electron chi connectivity index (χ2n) is 8.66. The number of nitrogens with zero attached hydrogens (tertiary/aromatic N) is 3. The number of hydrogen-bond donors (Lipinski definition) is 1. The van der Waals surface area contributed by atoms with Crippen LogP contribution in [0.2, 0.25) is 0 Å². The average Bonchev–Trinajstić information content (AvgIpc) is 3.29. The van der Waals surface area contributed by atoms with Crippen molar-refractivity contribution in [1.29, 1.82) is 0 Å². The van der Waals surface area contributed by atoms with Crippen LogP contribution >= 0.6 is 0 Å². The monoisotopic (exact) mass is 467 g/mol. The lowest BCUT2D eigenvalue weighted by Crippen LogP contribution is -2.25. The number of aromatic nitrogens is 2. The molecule has 35 heavy (non-hydrogen) atoms. The molecule has 1 amide bonds. The molecule has 1 aromatic heterocycles. The molecule has 0 aliphatic carbocycles. The Kier molecular flexibility index (Phi) is 7.51. The lowest BCUT2D eigenvalue weighted by molar-refractivity contribution is -0.137. The molecule has 3 aromatic rings. The second kappa shape index (κ2) is 10.9. The van der Waals surface area contributed by atoms with Crippen molar-refractivity contribution >= 4 is 28.5 Å². The van der Waals surface area contributed by atoms with Crippen molar-refractivity contribution in [3.05, 3.63) is 101 Å². The third-order valence-corrected chi connectivity index (χ3v) is 6.07. The van der Waals surface area contributed by atoms with Gasteiger partial charge in [0.15, 0.2) is 0 Å². The zero-order valence-electron chi connectivity index (χ0n) is 19.9. The Morgan fingerprint density at radius 3 is 2.46 bits per heavy atom. The Labute approximate surface area is 205 Å². The highest BCUT2D eigenvalue weighted by molar-refractivity contribution is 5.97. The molecule has 2 heterocycles. The maximum atomic E-state index is 13.2. The van der Waals surface area contributed by atoms with Gasteiger partial charge < -0.3 is 10.0 Å². The molecule has 178 valence electrons. The van der Waals surface area contributed by atoms with Crippen LogP contribution in [0.1, 0.15) is 59.1 Å². The summed E-state index contributed by atoms with van der Waals surface area (Å²) in [6.45, 7) is 7.31. The first-order valence-electron chi connectivity index (χ1n) is 11.8. The van der Waals surface area contributed by atoms with E-state index in [1.807, 2.05) is 54.3 Å². The molecular weight excluding hydrogens is 438 g/mol. The number of aryl methyl sites for hydroxylation is 1. The molecule has 4 rings (SSSR count). The van der Waals surface area contributed by atoms with Gasteiger partial charge in [-0.05, 0) is 61.1 Å². The zero-order chi connectivity index (χ0) is 24.8. The number of rotatable bonds is 9. The van der Waals surface area contributed by atoms with Gasteiger partial charge in [-0.2, -0.15) is 0 Å². The van der Waals surface area contributed by atoms with Gasteiger partial charge in [0.05, 0.1) is 22.4 Å². The molecule has 0 fully saturated rings. The predicted octanol–water partition coefficient (Wildman–Crippen LogP) is 5.73. The van der Waals surface area contributed by atoms with Gasteiger partial charge in [0, 0.05) is 25.1 Å². The number of hydrogen-bond acceptors (Lipinski definition) is 4. The highest BCUT2D eigenvalue weighted by Gasteiger charge is 2.24. The fourth-order valence-corrected chi connectivity index (χ4v) is 4.25. The summed E-state index contributed by atoms with van der Waals surface area (Å²) in [7, 11) is 0. The number of carboxylic acid groups (broad SMARTS) is 1. The lowest BCUT2D eigenvalue weighted by Gasteiger charge is -2.16. The van der Waals surface area contributed by atoms with Gasteiger partial charge in [-0.25, -0.2) is 9.97 Å². The Hall–Kier alpha value is -4.06. The van der Waals surface area contributed by atoms with Gasteiger partial charge in [0.1, 0.15) is 0 Å². The maximum absolute atomic E-state index is 13.2. The molecule has 0 radical (unpaired) electrons. The first-order chi connectivity index (χ1) is 17.0. The lowest BCUT2D eigenvalue weighted by atomic mass is 10.0. The number of benzene rings is 2. The Morgan fingerprint density at radius 1 is 1.03 bits per heavy atom. The number of fused-ring (bicyclic) bond motifs is 2. The minimum Gasteiger partial charge on any atom is -0.481 e. The van der Waals surface area contributed by atoms with Crippen molar-refractivity contribution < 1.29 is 14.7 Å². The number of allylic oxidation sites excluding steroid dienone is 5. The van der Waals surface area contributed by atoms with E-state index in [1.165, 1.54) is 11.1 Å². The highest BCUT2D eigenvalue weighted by atomic mass is 16.4. The van der Waals surface area contributed by atoms with Crippen LogP contribution in [0.5, 0.6) is 0 Å². The molecule has 6 heteroatoms.